The Bertz CT molecular complexity index is 1360. The van der Waals surface area contributed by atoms with E-state index in [1.54, 1.807) is 0 Å². The van der Waals surface area contributed by atoms with Gasteiger partial charge in [0.1, 0.15) is 5.75 Å². The van der Waals surface area contributed by atoms with Crippen molar-refractivity contribution in [1.29, 1.82) is 0 Å². The number of likely N-dealkylation sites (N-methyl/N-ethyl adjacent to an activating group) is 1. The lowest BCUT2D eigenvalue weighted by Gasteiger charge is -2.25. The summed E-state index contributed by atoms with van der Waals surface area (Å²) in [6.07, 6.45) is 1.92. The number of carboxylic acid groups (broad SMARTS) is 1. The van der Waals surface area contributed by atoms with Gasteiger partial charge in [0.05, 0.1) is 5.56 Å². The molecule has 0 radical (unpaired) electrons. The minimum Gasteiger partial charge on any atom is -0.485 e. The van der Waals surface area contributed by atoms with Crippen LogP contribution in [0.4, 0.5) is 0 Å². The zero-order valence-corrected chi connectivity index (χ0v) is 23.7. The maximum atomic E-state index is 12.4. The highest BCUT2D eigenvalue weighted by Gasteiger charge is 2.17. The molecule has 206 valence electrons. The maximum absolute atomic E-state index is 12.4. The lowest BCUT2D eigenvalue weighted by atomic mass is 9.91. The van der Waals surface area contributed by atoms with Crippen LogP contribution in [0, 0.1) is 0 Å². The fraction of sp³-hybridized carbons (Fsp3) is 0.212. The molecule has 4 rings (SSSR count). The number of carboxylic acids is 1. The maximum Gasteiger partial charge on any atom is 0.335 e. The first-order chi connectivity index (χ1) is 19.3. The quantitative estimate of drug-likeness (QED) is 0.166. The minimum atomic E-state index is -1.03. The molecular formula is C33H31Cl2NO4. The van der Waals surface area contributed by atoms with Gasteiger partial charge in [-0.15, -0.1) is 0 Å². The summed E-state index contributed by atoms with van der Waals surface area (Å²) in [7, 11) is 2.14. The van der Waals surface area contributed by atoms with E-state index in [4.69, 9.17) is 33.0 Å². The molecule has 0 aliphatic rings. The number of carbonyl (C=O) groups is 2. The standard InChI is InChI=1S/C33H31Cl2NO4/c1-36(21-31(24-10-14-28(34)15-11-24)25-12-16-29(35)17-13-25)20-2-3-23-4-18-30(19-5-23)40-22-32(37)26-6-8-27(9-7-26)33(38)39/h4-19,31H,2-3,20-22H2,1H3,(H,38,39). The molecule has 7 heteroatoms. The molecule has 0 saturated heterocycles. The highest BCUT2D eigenvalue weighted by Crippen LogP contribution is 2.28. The number of carbonyl (C=O) groups excluding carboxylic acids is 1. The van der Waals surface area contributed by atoms with Crippen molar-refractivity contribution in [2.24, 2.45) is 0 Å². The van der Waals surface area contributed by atoms with Crippen LogP contribution in [0.2, 0.25) is 10.0 Å². The van der Waals surface area contributed by atoms with Crippen LogP contribution < -0.4 is 4.74 Å². The van der Waals surface area contributed by atoms with Crippen molar-refractivity contribution in [3.63, 3.8) is 0 Å². The molecule has 4 aromatic rings. The Labute approximate surface area is 244 Å². The minimum absolute atomic E-state index is 0.112. The van der Waals surface area contributed by atoms with Gasteiger partial charge >= 0.3 is 5.97 Å². The number of ketones is 1. The van der Waals surface area contributed by atoms with E-state index < -0.39 is 5.97 Å². The summed E-state index contributed by atoms with van der Waals surface area (Å²) in [5.41, 5.74) is 4.18. The second-order valence-corrected chi connectivity index (χ2v) is 10.6. The second kappa shape index (κ2) is 14.1. The molecular weight excluding hydrogens is 545 g/mol. The Kier molecular flexibility index (Phi) is 10.4. The Hall–Kier alpha value is -3.64. The molecule has 0 saturated carbocycles. The number of nitrogens with zero attached hydrogens (tertiary/aromatic N) is 1. The summed E-state index contributed by atoms with van der Waals surface area (Å²) in [6.45, 7) is 1.69. The van der Waals surface area contributed by atoms with Gasteiger partial charge in [-0.2, -0.15) is 0 Å². The van der Waals surface area contributed by atoms with Crippen LogP contribution in [0.25, 0.3) is 0 Å². The van der Waals surface area contributed by atoms with Crippen LogP contribution in [0.1, 0.15) is 49.7 Å². The van der Waals surface area contributed by atoms with Gasteiger partial charge < -0.3 is 14.7 Å². The van der Waals surface area contributed by atoms with Crippen LogP contribution in [0.5, 0.6) is 5.75 Å². The molecule has 0 bridgehead atoms. The largest absolute Gasteiger partial charge is 0.485 e. The summed E-state index contributed by atoms with van der Waals surface area (Å²) in [4.78, 5) is 25.7. The second-order valence-electron chi connectivity index (χ2n) is 9.76. The van der Waals surface area contributed by atoms with Crippen molar-refractivity contribution in [2.45, 2.75) is 18.8 Å². The Morgan fingerprint density at radius 1 is 0.775 bits per heavy atom. The highest BCUT2D eigenvalue weighted by atomic mass is 35.5. The molecule has 0 aliphatic heterocycles. The average Bonchev–Trinajstić information content (AvgIpc) is 2.96. The van der Waals surface area contributed by atoms with E-state index in [1.807, 2.05) is 48.5 Å². The van der Waals surface area contributed by atoms with Crippen molar-refractivity contribution in [3.8, 4) is 5.75 Å². The summed E-state index contributed by atoms with van der Waals surface area (Å²) in [5, 5.41) is 10.4. The van der Waals surface area contributed by atoms with Crippen molar-refractivity contribution < 1.29 is 19.4 Å². The number of aryl methyl sites for hydroxylation is 1. The first-order valence-electron chi connectivity index (χ1n) is 13.1. The molecule has 0 amide bonds. The molecule has 0 fully saturated rings. The Morgan fingerprint density at radius 3 is 1.82 bits per heavy atom. The van der Waals surface area contributed by atoms with Crippen LogP contribution in [0.15, 0.2) is 97.1 Å². The van der Waals surface area contributed by atoms with Gasteiger partial charge in [-0.05, 0) is 91.7 Å². The van der Waals surface area contributed by atoms with Gasteiger partial charge in [-0.25, -0.2) is 4.79 Å². The zero-order chi connectivity index (χ0) is 28.5. The number of hydrogen-bond acceptors (Lipinski definition) is 4. The molecule has 0 heterocycles. The zero-order valence-electron chi connectivity index (χ0n) is 22.2. The van der Waals surface area contributed by atoms with Crippen LogP contribution in [-0.4, -0.2) is 48.5 Å². The smallest absolute Gasteiger partial charge is 0.335 e. The van der Waals surface area contributed by atoms with E-state index in [0.717, 1.165) is 36.0 Å². The third-order valence-corrected chi connectivity index (χ3v) is 7.30. The normalized spacial score (nSPS) is 11.1. The average molecular weight is 577 g/mol. The lowest BCUT2D eigenvalue weighted by molar-refractivity contribution is 0.0696. The van der Waals surface area contributed by atoms with Crippen LogP contribution >= 0.6 is 23.2 Å². The molecule has 0 atom stereocenters. The van der Waals surface area contributed by atoms with Crippen molar-refractivity contribution in [1.82, 2.24) is 4.90 Å². The molecule has 0 aromatic heterocycles. The van der Waals surface area contributed by atoms with E-state index >= 15 is 0 Å². The van der Waals surface area contributed by atoms with Gasteiger partial charge in [0.2, 0.25) is 0 Å². The van der Waals surface area contributed by atoms with Crippen molar-refractivity contribution in [2.75, 3.05) is 26.7 Å². The summed E-state index contributed by atoms with van der Waals surface area (Å²) < 4.78 is 5.65. The number of hydrogen-bond donors (Lipinski definition) is 1. The number of benzene rings is 4. The molecule has 1 N–H and O–H groups in total. The van der Waals surface area contributed by atoms with Gasteiger partial charge in [-0.1, -0.05) is 71.7 Å². The van der Waals surface area contributed by atoms with E-state index in [9.17, 15) is 9.59 Å². The number of aromatic carboxylic acids is 1. The molecule has 5 nitrogen and oxygen atoms in total. The topological polar surface area (TPSA) is 66.8 Å². The SMILES string of the molecule is CN(CCCc1ccc(OCC(=O)c2ccc(C(=O)O)cc2)cc1)CC(c1ccc(Cl)cc1)c1ccc(Cl)cc1. The van der Waals surface area contributed by atoms with E-state index in [0.29, 0.717) is 11.3 Å². The molecule has 40 heavy (non-hydrogen) atoms. The number of Topliss-reactive ketones (excluding diaryl/α,β-unsaturated/α-hetero) is 1. The summed E-state index contributed by atoms with van der Waals surface area (Å²) in [5.74, 6) is -0.416. The monoisotopic (exact) mass is 575 g/mol. The summed E-state index contributed by atoms with van der Waals surface area (Å²) in [6, 6.07) is 29.7. The number of halogens is 2. The number of rotatable bonds is 13. The van der Waals surface area contributed by atoms with Gasteiger partial charge in [0, 0.05) is 28.1 Å². The Balaban J connectivity index is 1.26. The fourth-order valence-electron chi connectivity index (χ4n) is 4.53. The fourth-order valence-corrected chi connectivity index (χ4v) is 4.78. The first-order valence-corrected chi connectivity index (χ1v) is 13.8. The van der Waals surface area contributed by atoms with Gasteiger partial charge in [-0.3, -0.25) is 4.79 Å². The van der Waals surface area contributed by atoms with Gasteiger partial charge in [0.15, 0.2) is 12.4 Å². The summed E-state index contributed by atoms with van der Waals surface area (Å²) >= 11 is 12.3. The molecule has 0 unspecified atom stereocenters. The van der Waals surface area contributed by atoms with E-state index in [1.165, 1.54) is 41.0 Å². The predicted molar refractivity (Wildman–Crippen MR) is 160 cm³/mol. The predicted octanol–water partition coefficient (Wildman–Crippen LogP) is 7.65. The molecule has 0 spiro atoms. The lowest BCUT2D eigenvalue weighted by Crippen LogP contribution is -2.26. The van der Waals surface area contributed by atoms with Crippen LogP contribution in [0.3, 0.4) is 0 Å². The van der Waals surface area contributed by atoms with Crippen molar-refractivity contribution in [3.05, 3.63) is 135 Å². The van der Waals surface area contributed by atoms with Gasteiger partial charge in [0.25, 0.3) is 0 Å². The van der Waals surface area contributed by atoms with E-state index in [2.05, 4.69) is 36.2 Å². The Morgan fingerprint density at radius 2 is 1.30 bits per heavy atom. The molecule has 4 aromatic carbocycles. The van der Waals surface area contributed by atoms with E-state index in [-0.39, 0.29) is 23.9 Å². The number of ether oxygens (including phenoxy) is 1. The third-order valence-electron chi connectivity index (χ3n) is 6.79. The third kappa shape index (κ3) is 8.43. The molecule has 0 aliphatic carbocycles. The highest BCUT2D eigenvalue weighted by molar-refractivity contribution is 6.30. The van der Waals surface area contributed by atoms with Crippen LogP contribution in [-0.2, 0) is 6.42 Å². The first kappa shape index (κ1) is 29.3. The van der Waals surface area contributed by atoms with Crippen molar-refractivity contribution >= 4 is 35.0 Å².